The van der Waals surface area contributed by atoms with Crippen LogP contribution in [0, 0.1) is 0 Å². The average molecular weight is 516 g/mol. The number of nitrogens with zero attached hydrogens (tertiary/aromatic N) is 4. The number of imidazole rings is 1. The zero-order chi connectivity index (χ0) is 26.6. The van der Waals surface area contributed by atoms with E-state index in [2.05, 4.69) is 15.3 Å². The third kappa shape index (κ3) is 4.87. The van der Waals surface area contributed by atoms with Gasteiger partial charge in [0.1, 0.15) is 6.61 Å². The lowest BCUT2D eigenvalue weighted by molar-refractivity contribution is 0.0528. The highest BCUT2D eigenvalue weighted by Crippen LogP contribution is 2.30. The van der Waals surface area contributed by atoms with Crippen LogP contribution in [-0.2, 0) is 11.3 Å². The van der Waals surface area contributed by atoms with Gasteiger partial charge in [-0.05, 0) is 48.2 Å². The van der Waals surface area contributed by atoms with Gasteiger partial charge in [-0.15, -0.1) is 0 Å². The molecule has 0 atom stereocenters. The SMILES string of the molecule is CCOC(=O)c1ccc(Nc2nccc(-c3cnc4c(OCc5ccccc5)cccn34)n2)c2ccccc12. The number of fused-ring (bicyclic) bond motifs is 2. The van der Waals surface area contributed by atoms with Crippen molar-refractivity contribution in [2.45, 2.75) is 13.5 Å². The van der Waals surface area contributed by atoms with E-state index >= 15 is 0 Å². The third-order valence-corrected chi connectivity index (χ3v) is 6.32. The van der Waals surface area contributed by atoms with E-state index < -0.39 is 0 Å². The summed E-state index contributed by atoms with van der Waals surface area (Å²) < 4.78 is 13.3. The lowest BCUT2D eigenvalue weighted by Gasteiger charge is -2.12. The number of rotatable bonds is 8. The number of hydrogen-bond acceptors (Lipinski definition) is 7. The molecule has 0 aliphatic carbocycles. The summed E-state index contributed by atoms with van der Waals surface area (Å²) in [7, 11) is 0. The first-order valence-corrected chi connectivity index (χ1v) is 12.6. The number of benzene rings is 3. The first-order valence-electron chi connectivity index (χ1n) is 12.6. The van der Waals surface area contributed by atoms with E-state index in [-0.39, 0.29) is 5.97 Å². The lowest BCUT2D eigenvalue weighted by atomic mass is 10.0. The number of nitrogens with one attached hydrogen (secondary N) is 1. The molecule has 6 rings (SSSR count). The molecule has 0 aliphatic rings. The van der Waals surface area contributed by atoms with Crippen molar-refractivity contribution < 1.29 is 14.3 Å². The summed E-state index contributed by atoms with van der Waals surface area (Å²) in [5.41, 5.74) is 4.60. The average Bonchev–Trinajstić information content (AvgIpc) is 3.42. The molecule has 0 saturated heterocycles. The minimum absolute atomic E-state index is 0.317. The second-order valence-corrected chi connectivity index (χ2v) is 8.80. The highest BCUT2D eigenvalue weighted by Gasteiger charge is 2.15. The highest BCUT2D eigenvalue weighted by atomic mass is 16.5. The Morgan fingerprint density at radius 1 is 0.897 bits per heavy atom. The Kier molecular flexibility index (Phi) is 6.57. The molecule has 8 nitrogen and oxygen atoms in total. The molecular formula is C31H25N5O3. The van der Waals surface area contributed by atoms with E-state index in [4.69, 9.17) is 14.5 Å². The second kappa shape index (κ2) is 10.6. The van der Waals surface area contributed by atoms with Gasteiger partial charge in [0.2, 0.25) is 5.95 Å². The van der Waals surface area contributed by atoms with E-state index in [1.54, 1.807) is 25.4 Å². The minimum atomic E-state index is -0.349. The molecule has 0 unspecified atom stereocenters. The van der Waals surface area contributed by atoms with Crippen LogP contribution >= 0.6 is 0 Å². The molecule has 8 heteroatoms. The molecule has 192 valence electrons. The minimum Gasteiger partial charge on any atom is -0.485 e. The summed E-state index contributed by atoms with van der Waals surface area (Å²) in [6.07, 6.45) is 5.42. The molecule has 3 heterocycles. The quantitative estimate of drug-likeness (QED) is 0.233. The summed E-state index contributed by atoms with van der Waals surface area (Å²) in [6, 6.07) is 27.0. The predicted molar refractivity (Wildman–Crippen MR) is 150 cm³/mol. The zero-order valence-electron chi connectivity index (χ0n) is 21.2. The van der Waals surface area contributed by atoms with Gasteiger partial charge >= 0.3 is 5.97 Å². The first-order chi connectivity index (χ1) is 19.2. The van der Waals surface area contributed by atoms with Crippen LogP contribution in [0.25, 0.3) is 27.8 Å². The number of anilines is 2. The molecule has 6 aromatic rings. The van der Waals surface area contributed by atoms with Gasteiger partial charge in [0.15, 0.2) is 11.4 Å². The molecule has 3 aromatic carbocycles. The Hall–Kier alpha value is -5.24. The molecule has 1 N–H and O–H groups in total. The summed E-state index contributed by atoms with van der Waals surface area (Å²) in [4.78, 5) is 26.3. The molecule has 0 fully saturated rings. The molecule has 0 saturated carbocycles. The van der Waals surface area contributed by atoms with Gasteiger partial charge in [-0.1, -0.05) is 54.6 Å². The summed E-state index contributed by atoms with van der Waals surface area (Å²) in [6.45, 7) is 2.56. The highest BCUT2D eigenvalue weighted by molar-refractivity contribution is 6.08. The predicted octanol–water partition coefficient (Wildman–Crippen LogP) is 6.44. The Labute approximate surface area is 224 Å². The van der Waals surface area contributed by atoms with E-state index in [1.807, 2.05) is 89.5 Å². The Bertz CT molecular complexity index is 1780. The summed E-state index contributed by atoms with van der Waals surface area (Å²) in [5.74, 6) is 0.763. The maximum atomic E-state index is 12.5. The molecule has 0 amide bonds. The van der Waals surface area contributed by atoms with Gasteiger partial charge in [0, 0.05) is 23.5 Å². The van der Waals surface area contributed by atoms with E-state index in [1.165, 1.54) is 0 Å². The van der Waals surface area contributed by atoms with Crippen molar-refractivity contribution in [1.82, 2.24) is 19.4 Å². The molecule has 0 spiro atoms. The monoisotopic (exact) mass is 515 g/mol. The van der Waals surface area contributed by atoms with E-state index in [0.717, 1.165) is 27.7 Å². The number of hydrogen-bond donors (Lipinski definition) is 1. The Balaban J connectivity index is 1.30. The second-order valence-electron chi connectivity index (χ2n) is 8.80. The number of carbonyl (C=O) groups excluding carboxylic acids is 1. The van der Waals surface area contributed by atoms with E-state index in [9.17, 15) is 4.79 Å². The van der Waals surface area contributed by atoms with Crippen LogP contribution in [0.4, 0.5) is 11.6 Å². The van der Waals surface area contributed by atoms with Crippen LogP contribution in [0.15, 0.2) is 104 Å². The van der Waals surface area contributed by atoms with Gasteiger partial charge in [-0.25, -0.2) is 19.7 Å². The Morgan fingerprint density at radius 2 is 1.72 bits per heavy atom. The standard InChI is InChI=1S/C31H25N5O3/c1-2-38-30(37)24-14-15-25(23-12-7-6-11-22(23)24)34-31-32-17-16-26(35-31)27-19-33-29-28(13-8-18-36(27)29)39-20-21-9-4-3-5-10-21/h3-19H,2,20H2,1H3,(H,32,34,35). The van der Waals surface area contributed by atoms with Gasteiger partial charge in [0.25, 0.3) is 0 Å². The Morgan fingerprint density at radius 3 is 2.56 bits per heavy atom. The van der Waals surface area contributed by atoms with Crippen LogP contribution in [0.2, 0.25) is 0 Å². The van der Waals surface area contributed by atoms with Gasteiger partial charge in [0.05, 0.1) is 29.8 Å². The first kappa shape index (κ1) is 24.1. The summed E-state index contributed by atoms with van der Waals surface area (Å²) in [5, 5.41) is 4.98. The largest absolute Gasteiger partial charge is 0.485 e. The zero-order valence-corrected chi connectivity index (χ0v) is 21.2. The van der Waals surface area contributed by atoms with Crippen molar-refractivity contribution in [3.8, 4) is 17.1 Å². The van der Waals surface area contributed by atoms with Gasteiger partial charge in [-0.2, -0.15) is 0 Å². The molecule has 0 bridgehead atoms. The molecule has 3 aromatic heterocycles. The normalized spacial score (nSPS) is 11.0. The van der Waals surface area contributed by atoms with Crippen LogP contribution in [0.3, 0.4) is 0 Å². The topological polar surface area (TPSA) is 90.6 Å². The molecular weight excluding hydrogens is 490 g/mol. The lowest BCUT2D eigenvalue weighted by Crippen LogP contribution is -2.06. The van der Waals surface area contributed by atoms with Gasteiger partial charge in [-0.3, -0.25) is 4.40 Å². The smallest absolute Gasteiger partial charge is 0.338 e. The fourth-order valence-corrected chi connectivity index (χ4v) is 4.50. The van der Waals surface area contributed by atoms with Crippen molar-refractivity contribution in [2.24, 2.45) is 0 Å². The number of ether oxygens (including phenoxy) is 2. The maximum Gasteiger partial charge on any atom is 0.338 e. The maximum absolute atomic E-state index is 12.5. The van der Waals surface area contributed by atoms with Crippen molar-refractivity contribution in [3.63, 3.8) is 0 Å². The van der Waals surface area contributed by atoms with Crippen LogP contribution in [0.1, 0.15) is 22.8 Å². The van der Waals surface area contributed by atoms with Crippen molar-refractivity contribution in [3.05, 3.63) is 115 Å². The molecule has 0 aliphatic heterocycles. The van der Waals surface area contributed by atoms with Crippen LogP contribution < -0.4 is 10.1 Å². The van der Waals surface area contributed by atoms with Crippen LogP contribution in [-0.4, -0.2) is 31.9 Å². The number of carbonyl (C=O) groups is 1. The third-order valence-electron chi connectivity index (χ3n) is 6.32. The number of aromatic nitrogens is 4. The van der Waals surface area contributed by atoms with Crippen molar-refractivity contribution in [2.75, 3.05) is 11.9 Å². The van der Waals surface area contributed by atoms with Crippen LogP contribution in [0.5, 0.6) is 5.75 Å². The fraction of sp³-hybridized carbons (Fsp3) is 0.0968. The molecule has 0 radical (unpaired) electrons. The summed E-state index contributed by atoms with van der Waals surface area (Å²) >= 11 is 0. The van der Waals surface area contributed by atoms with E-state index in [0.29, 0.717) is 41.8 Å². The molecule has 39 heavy (non-hydrogen) atoms. The fourth-order valence-electron chi connectivity index (χ4n) is 4.50. The van der Waals surface area contributed by atoms with Gasteiger partial charge < -0.3 is 14.8 Å². The van der Waals surface area contributed by atoms with Crippen molar-refractivity contribution >= 4 is 34.0 Å². The van der Waals surface area contributed by atoms with Crippen molar-refractivity contribution in [1.29, 1.82) is 0 Å². The number of esters is 1. The number of pyridine rings is 1.